The fourth-order valence-corrected chi connectivity index (χ4v) is 2.94. The molecule has 3 rings (SSSR count). The first kappa shape index (κ1) is 15.3. The summed E-state index contributed by atoms with van der Waals surface area (Å²) in [6.07, 6.45) is 0. The van der Waals surface area contributed by atoms with Crippen LogP contribution in [0.25, 0.3) is 10.6 Å². The van der Waals surface area contributed by atoms with Crippen molar-refractivity contribution in [1.82, 2.24) is 15.5 Å². The van der Waals surface area contributed by atoms with Crippen molar-refractivity contribution in [1.29, 1.82) is 0 Å². The molecule has 0 bridgehead atoms. The molecule has 0 unspecified atom stereocenters. The number of nitrogens with zero attached hydrogens (tertiary/aromatic N) is 1. The number of hydrogen-bond donors (Lipinski definition) is 2. The van der Waals surface area contributed by atoms with Crippen molar-refractivity contribution in [2.45, 2.75) is 13.5 Å². The van der Waals surface area contributed by atoms with Gasteiger partial charge in [-0.1, -0.05) is 18.2 Å². The summed E-state index contributed by atoms with van der Waals surface area (Å²) in [6.45, 7) is 2.41. The first-order valence-corrected chi connectivity index (χ1v) is 8.06. The highest BCUT2D eigenvalue weighted by molar-refractivity contribution is 7.13. The number of methoxy groups -OCH3 is 1. The number of amides is 1. The van der Waals surface area contributed by atoms with Crippen LogP contribution in [0.2, 0.25) is 0 Å². The zero-order chi connectivity index (χ0) is 16.2. The van der Waals surface area contributed by atoms with E-state index < -0.39 is 0 Å². The smallest absolute Gasteiger partial charge is 0.272 e. The molecule has 0 aliphatic rings. The standard InChI is InChI=1S/C17H17N3O2S/c1-11-5-6-12(8-15(11)22-2)10-18-17(21)14-9-13(19-20-14)16-4-3-7-23-16/h3-9H,10H2,1-2H3,(H,18,21)(H,19,20). The molecule has 5 nitrogen and oxygen atoms in total. The van der Waals surface area contributed by atoms with Gasteiger partial charge in [0, 0.05) is 6.54 Å². The SMILES string of the molecule is COc1cc(CNC(=O)c2cc(-c3cccs3)[nH]n2)ccc1C. The van der Waals surface area contributed by atoms with Crippen LogP contribution in [0.5, 0.6) is 5.75 Å². The lowest BCUT2D eigenvalue weighted by atomic mass is 10.1. The molecule has 2 N–H and O–H groups in total. The Kier molecular flexibility index (Phi) is 4.43. The molecule has 0 aliphatic carbocycles. The number of rotatable bonds is 5. The fraction of sp³-hybridized carbons (Fsp3) is 0.176. The van der Waals surface area contributed by atoms with E-state index in [1.807, 2.05) is 42.6 Å². The Morgan fingerprint density at radius 2 is 2.22 bits per heavy atom. The number of benzene rings is 1. The third kappa shape index (κ3) is 3.43. The molecule has 2 aromatic heterocycles. The summed E-state index contributed by atoms with van der Waals surface area (Å²) < 4.78 is 5.29. The number of carbonyl (C=O) groups excluding carboxylic acids is 1. The summed E-state index contributed by atoms with van der Waals surface area (Å²) in [5.41, 5.74) is 3.28. The molecule has 2 heterocycles. The van der Waals surface area contributed by atoms with E-state index in [1.165, 1.54) is 0 Å². The molecule has 0 fully saturated rings. The summed E-state index contributed by atoms with van der Waals surface area (Å²) in [7, 11) is 1.64. The van der Waals surface area contributed by atoms with Crippen LogP contribution in [0.15, 0.2) is 41.8 Å². The highest BCUT2D eigenvalue weighted by Gasteiger charge is 2.12. The Bertz CT molecular complexity index is 809. The van der Waals surface area contributed by atoms with Crippen molar-refractivity contribution in [3.05, 3.63) is 58.6 Å². The number of aromatic nitrogens is 2. The van der Waals surface area contributed by atoms with Gasteiger partial charge in [0.15, 0.2) is 5.69 Å². The fourth-order valence-electron chi connectivity index (χ4n) is 2.24. The van der Waals surface area contributed by atoms with Gasteiger partial charge in [-0.05, 0) is 41.6 Å². The Morgan fingerprint density at radius 3 is 2.96 bits per heavy atom. The Balaban J connectivity index is 1.66. The third-order valence-electron chi connectivity index (χ3n) is 3.52. The van der Waals surface area contributed by atoms with Gasteiger partial charge in [0.05, 0.1) is 17.7 Å². The van der Waals surface area contributed by atoms with Gasteiger partial charge >= 0.3 is 0 Å². The maximum absolute atomic E-state index is 12.2. The summed E-state index contributed by atoms with van der Waals surface area (Å²) >= 11 is 1.60. The van der Waals surface area contributed by atoms with Crippen molar-refractivity contribution in [3.8, 4) is 16.3 Å². The number of H-pyrrole nitrogens is 1. The van der Waals surface area contributed by atoms with E-state index in [-0.39, 0.29) is 5.91 Å². The van der Waals surface area contributed by atoms with E-state index in [2.05, 4.69) is 15.5 Å². The monoisotopic (exact) mass is 327 g/mol. The van der Waals surface area contributed by atoms with Crippen molar-refractivity contribution in [2.75, 3.05) is 7.11 Å². The third-order valence-corrected chi connectivity index (χ3v) is 4.43. The van der Waals surface area contributed by atoms with Gasteiger partial charge in [0.2, 0.25) is 0 Å². The first-order valence-electron chi connectivity index (χ1n) is 7.18. The second-order valence-electron chi connectivity index (χ2n) is 5.13. The molecular weight excluding hydrogens is 310 g/mol. The second kappa shape index (κ2) is 6.66. The molecule has 6 heteroatoms. The van der Waals surface area contributed by atoms with Crippen LogP contribution in [-0.4, -0.2) is 23.2 Å². The Hall–Kier alpha value is -2.60. The molecule has 1 amide bonds. The predicted octanol–water partition coefficient (Wildman–Crippen LogP) is 3.39. The summed E-state index contributed by atoms with van der Waals surface area (Å²) in [5, 5.41) is 11.8. The normalized spacial score (nSPS) is 10.5. The molecule has 1 aromatic carbocycles. The lowest BCUT2D eigenvalue weighted by molar-refractivity contribution is 0.0946. The highest BCUT2D eigenvalue weighted by Crippen LogP contribution is 2.23. The van der Waals surface area contributed by atoms with Crippen molar-refractivity contribution >= 4 is 17.2 Å². The van der Waals surface area contributed by atoms with Crippen LogP contribution in [0, 0.1) is 6.92 Å². The molecule has 0 saturated carbocycles. The molecule has 23 heavy (non-hydrogen) atoms. The largest absolute Gasteiger partial charge is 0.496 e. The number of nitrogens with one attached hydrogen (secondary N) is 2. The second-order valence-corrected chi connectivity index (χ2v) is 6.08. The molecular formula is C17H17N3O2S. The van der Waals surface area contributed by atoms with Gasteiger partial charge in [0.25, 0.3) is 5.91 Å². The van der Waals surface area contributed by atoms with E-state index in [1.54, 1.807) is 24.5 Å². The van der Waals surface area contributed by atoms with Crippen molar-refractivity contribution in [2.24, 2.45) is 0 Å². The van der Waals surface area contributed by atoms with Crippen LogP contribution < -0.4 is 10.1 Å². The van der Waals surface area contributed by atoms with E-state index in [4.69, 9.17) is 4.74 Å². The number of carbonyl (C=O) groups is 1. The van der Waals surface area contributed by atoms with Crippen molar-refractivity contribution < 1.29 is 9.53 Å². The van der Waals surface area contributed by atoms with Gasteiger partial charge in [-0.15, -0.1) is 11.3 Å². The lowest BCUT2D eigenvalue weighted by Crippen LogP contribution is -2.23. The van der Waals surface area contributed by atoms with Crippen LogP contribution in [0.1, 0.15) is 21.6 Å². The maximum Gasteiger partial charge on any atom is 0.272 e. The number of thiophene rings is 1. The molecule has 3 aromatic rings. The molecule has 0 aliphatic heterocycles. The Labute approximate surface area is 138 Å². The molecule has 0 atom stereocenters. The number of aryl methyl sites for hydroxylation is 1. The number of ether oxygens (including phenoxy) is 1. The predicted molar refractivity (Wildman–Crippen MR) is 90.8 cm³/mol. The number of aromatic amines is 1. The van der Waals surface area contributed by atoms with Crippen LogP contribution >= 0.6 is 11.3 Å². The minimum Gasteiger partial charge on any atom is -0.496 e. The van der Waals surface area contributed by atoms with Gasteiger partial charge in [-0.25, -0.2) is 0 Å². The van der Waals surface area contributed by atoms with Gasteiger partial charge in [-0.2, -0.15) is 5.10 Å². The quantitative estimate of drug-likeness (QED) is 0.755. The maximum atomic E-state index is 12.2. The topological polar surface area (TPSA) is 67.0 Å². The van der Waals surface area contributed by atoms with E-state index in [0.29, 0.717) is 12.2 Å². The minimum absolute atomic E-state index is 0.205. The van der Waals surface area contributed by atoms with Gasteiger partial charge in [0.1, 0.15) is 5.75 Å². The van der Waals surface area contributed by atoms with Crippen LogP contribution in [0.3, 0.4) is 0 Å². The Morgan fingerprint density at radius 1 is 1.35 bits per heavy atom. The summed E-state index contributed by atoms with van der Waals surface area (Å²) in [6, 6.07) is 11.6. The summed E-state index contributed by atoms with van der Waals surface area (Å²) in [5.74, 6) is 0.611. The van der Waals surface area contributed by atoms with E-state index in [0.717, 1.165) is 27.4 Å². The van der Waals surface area contributed by atoms with Crippen LogP contribution in [-0.2, 0) is 6.54 Å². The average Bonchev–Trinajstić information content (AvgIpc) is 3.24. The average molecular weight is 327 g/mol. The van der Waals surface area contributed by atoms with Crippen molar-refractivity contribution in [3.63, 3.8) is 0 Å². The van der Waals surface area contributed by atoms with E-state index in [9.17, 15) is 4.79 Å². The highest BCUT2D eigenvalue weighted by atomic mass is 32.1. The number of hydrogen-bond acceptors (Lipinski definition) is 4. The van der Waals surface area contributed by atoms with Gasteiger partial charge < -0.3 is 10.1 Å². The van der Waals surface area contributed by atoms with Gasteiger partial charge in [-0.3, -0.25) is 9.89 Å². The molecule has 0 saturated heterocycles. The zero-order valence-electron chi connectivity index (χ0n) is 12.9. The zero-order valence-corrected chi connectivity index (χ0v) is 13.7. The first-order chi connectivity index (χ1) is 11.2. The molecule has 0 spiro atoms. The minimum atomic E-state index is -0.205. The summed E-state index contributed by atoms with van der Waals surface area (Å²) in [4.78, 5) is 13.3. The van der Waals surface area contributed by atoms with E-state index >= 15 is 0 Å². The molecule has 118 valence electrons. The van der Waals surface area contributed by atoms with Crippen LogP contribution in [0.4, 0.5) is 0 Å². The lowest BCUT2D eigenvalue weighted by Gasteiger charge is -2.08. The molecule has 0 radical (unpaired) electrons.